The zero-order valence-corrected chi connectivity index (χ0v) is 7.58. The number of hydrogen-bond acceptors (Lipinski definition) is 2. The smallest absolute Gasteiger partial charge is 0.168 e. The van der Waals surface area contributed by atoms with Gasteiger partial charge in [0.1, 0.15) is 0 Å². The summed E-state index contributed by atoms with van der Waals surface area (Å²) in [6.45, 7) is 7.31. The van der Waals surface area contributed by atoms with Crippen LogP contribution in [0.2, 0.25) is 0 Å². The van der Waals surface area contributed by atoms with Crippen LogP contribution in [0.15, 0.2) is 25.3 Å². The number of phenolic OH excluding ortho intramolecular Hbond substituents is 1. The Hall–Kier alpha value is -1.70. The number of hydrogen-bond donors (Lipinski definition) is 1. The zero-order valence-electron chi connectivity index (χ0n) is 7.58. The number of benzene rings is 1. The lowest BCUT2D eigenvalue weighted by molar-refractivity contribution is 0.372. The standard InChI is InChI=1S/C11H12O2/c1-4-8-6-7-10(12)11(13-3)9(8)5-2/h4-7,12H,1-2H2,3H3. The van der Waals surface area contributed by atoms with E-state index in [4.69, 9.17) is 4.74 Å². The summed E-state index contributed by atoms with van der Waals surface area (Å²) in [6, 6.07) is 3.34. The van der Waals surface area contributed by atoms with Gasteiger partial charge in [0.2, 0.25) is 0 Å². The maximum absolute atomic E-state index is 9.44. The molecule has 0 saturated heterocycles. The summed E-state index contributed by atoms with van der Waals surface area (Å²) < 4.78 is 5.04. The van der Waals surface area contributed by atoms with Crippen LogP contribution in [0.4, 0.5) is 0 Å². The number of rotatable bonds is 3. The number of phenols is 1. The molecule has 0 atom stereocenters. The van der Waals surface area contributed by atoms with E-state index in [1.165, 1.54) is 7.11 Å². The molecule has 1 N–H and O–H groups in total. The Bertz CT molecular complexity index is 340. The fourth-order valence-corrected chi connectivity index (χ4v) is 1.21. The lowest BCUT2D eigenvalue weighted by Crippen LogP contribution is -1.90. The Morgan fingerprint density at radius 2 is 2.00 bits per heavy atom. The van der Waals surface area contributed by atoms with E-state index in [9.17, 15) is 5.11 Å². The lowest BCUT2D eigenvalue weighted by atomic mass is 10.1. The van der Waals surface area contributed by atoms with Gasteiger partial charge in [0, 0.05) is 5.56 Å². The molecular weight excluding hydrogens is 164 g/mol. The Morgan fingerprint density at radius 1 is 1.31 bits per heavy atom. The molecule has 1 rings (SSSR count). The van der Waals surface area contributed by atoms with Crippen molar-refractivity contribution in [3.05, 3.63) is 36.4 Å². The van der Waals surface area contributed by atoms with E-state index in [0.29, 0.717) is 5.75 Å². The van der Waals surface area contributed by atoms with Crippen LogP contribution in [-0.4, -0.2) is 12.2 Å². The summed E-state index contributed by atoms with van der Waals surface area (Å²) in [7, 11) is 1.51. The lowest BCUT2D eigenvalue weighted by Gasteiger charge is -2.09. The van der Waals surface area contributed by atoms with Gasteiger partial charge >= 0.3 is 0 Å². The van der Waals surface area contributed by atoms with E-state index in [0.717, 1.165) is 11.1 Å². The zero-order chi connectivity index (χ0) is 9.84. The molecule has 0 bridgehead atoms. The van der Waals surface area contributed by atoms with Crippen LogP contribution < -0.4 is 4.74 Å². The molecule has 0 aliphatic carbocycles. The molecule has 68 valence electrons. The SMILES string of the molecule is C=Cc1ccc(O)c(OC)c1C=C. The van der Waals surface area contributed by atoms with Gasteiger partial charge in [-0.25, -0.2) is 0 Å². The summed E-state index contributed by atoms with van der Waals surface area (Å²) >= 11 is 0. The molecule has 0 spiro atoms. The van der Waals surface area contributed by atoms with Crippen molar-refractivity contribution in [3.63, 3.8) is 0 Å². The van der Waals surface area contributed by atoms with Crippen LogP contribution in [0.1, 0.15) is 11.1 Å². The molecule has 0 aliphatic rings. The first kappa shape index (κ1) is 9.39. The van der Waals surface area contributed by atoms with Gasteiger partial charge in [-0.3, -0.25) is 0 Å². The third-order valence-electron chi connectivity index (χ3n) is 1.84. The molecule has 0 amide bonds. The van der Waals surface area contributed by atoms with Gasteiger partial charge in [-0.05, 0) is 11.6 Å². The summed E-state index contributed by atoms with van der Waals surface area (Å²) in [5.74, 6) is 0.551. The average Bonchev–Trinajstić information content (AvgIpc) is 2.17. The van der Waals surface area contributed by atoms with Crippen LogP contribution in [0, 0.1) is 0 Å². The first-order valence-electron chi connectivity index (χ1n) is 3.89. The Morgan fingerprint density at radius 3 is 2.46 bits per heavy atom. The van der Waals surface area contributed by atoms with Crippen molar-refractivity contribution >= 4 is 12.2 Å². The molecule has 0 unspecified atom stereocenters. The summed E-state index contributed by atoms with van der Waals surface area (Å²) in [4.78, 5) is 0. The topological polar surface area (TPSA) is 29.5 Å². The van der Waals surface area contributed by atoms with E-state index in [-0.39, 0.29) is 5.75 Å². The minimum absolute atomic E-state index is 0.114. The third kappa shape index (κ3) is 1.56. The highest BCUT2D eigenvalue weighted by Crippen LogP contribution is 2.33. The minimum atomic E-state index is 0.114. The first-order valence-corrected chi connectivity index (χ1v) is 3.89. The number of methoxy groups -OCH3 is 1. The predicted octanol–water partition coefficient (Wildman–Crippen LogP) is 2.69. The van der Waals surface area contributed by atoms with Gasteiger partial charge in [0.05, 0.1) is 7.11 Å². The van der Waals surface area contributed by atoms with Gasteiger partial charge in [0.15, 0.2) is 11.5 Å². The maximum Gasteiger partial charge on any atom is 0.168 e. The molecule has 13 heavy (non-hydrogen) atoms. The molecule has 1 aromatic rings. The molecule has 0 saturated carbocycles. The quantitative estimate of drug-likeness (QED) is 0.767. The van der Waals surface area contributed by atoms with Crippen LogP contribution in [0.3, 0.4) is 0 Å². The van der Waals surface area contributed by atoms with E-state index >= 15 is 0 Å². The van der Waals surface area contributed by atoms with Crippen LogP contribution in [0.5, 0.6) is 11.5 Å². The Balaban J connectivity index is 3.44. The van der Waals surface area contributed by atoms with Gasteiger partial charge in [-0.2, -0.15) is 0 Å². The normalized spacial score (nSPS) is 9.31. The van der Waals surface area contributed by atoms with Gasteiger partial charge in [0.25, 0.3) is 0 Å². The molecule has 1 aromatic carbocycles. The van der Waals surface area contributed by atoms with Crippen molar-refractivity contribution in [3.8, 4) is 11.5 Å². The Kier molecular flexibility index (Phi) is 2.75. The van der Waals surface area contributed by atoms with Gasteiger partial charge in [-0.1, -0.05) is 31.4 Å². The van der Waals surface area contributed by atoms with E-state index in [1.807, 2.05) is 0 Å². The summed E-state index contributed by atoms with van der Waals surface area (Å²) in [5, 5.41) is 9.44. The molecule has 0 heterocycles. The minimum Gasteiger partial charge on any atom is -0.504 e. The van der Waals surface area contributed by atoms with Crippen LogP contribution in [0.25, 0.3) is 12.2 Å². The third-order valence-corrected chi connectivity index (χ3v) is 1.84. The van der Waals surface area contributed by atoms with Gasteiger partial charge < -0.3 is 9.84 Å². The monoisotopic (exact) mass is 176 g/mol. The molecular formula is C11H12O2. The van der Waals surface area contributed by atoms with Crippen molar-refractivity contribution in [2.75, 3.05) is 7.11 Å². The van der Waals surface area contributed by atoms with Crippen molar-refractivity contribution in [1.29, 1.82) is 0 Å². The van der Waals surface area contributed by atoms with Crippen molar-refractivity contribution in [1.82, 2.24) is 0 Å². The number of ether oxygens (including phenoxy) is 1. The highest BCUT2D eigenvalue weighted by Gasteiger charge is 2.08. The molecule has 0 radical (unpaired) electrons. The molecule has 2 heteroatoms. The molecule has 0 fully saturated rings. The summed E-state index contributed by atoms with van der Waals surface area (Å²) in [6.07, 6.45) is 3.33. The highest BCUT2D eigenvalue weighted by atomic mass is 16.5. The fraction of sp³-hybridized carbons (Fsp3) is 0.0909. The highest BCUT2D eigenvalue weighted by molar-refractivity contribution is 5.71. The average molecular weight is 176 g/mol. The van der Waals surface area contributed by atoms with Crippen molar-refractivity contribution in [2.45, 2.75) is 0 Å². The van der Waals surface area contributed by atoms with Crippen molar-refractivity contribution in [2.24, 2.45) is 0 Å². The van der Waals surface area contributed by atoms with E-state index in [2.05, 4.69) is 13.2 Å². The second-order valence-electron chi connectivity index (χ2n) is 2.53. The van der Waals surface area contributed by atoms with Crippen LogP contribution in [-0.2, 0) is 0 Å². The summed E-state index contributed by atoms with van der Waals surface area (Å²) in [5.41, 5.74) is 1.65. The van der Waals surface area contributed by atoms with E-state index in [1.54, 1.807) is 24.3 Å². The second kappa shape index (κ2) is 3.81. The molecule has 0 aromatic heterocycles. The first-order chi connectivity index (χ1) is 6.24. The van der Waals surface area contributed by atoms with Crippen molar-refractivity contribution < 1.29 is 9.84 Å². The van der Waals surface area contributed by atoms with Gasteiger partial charge in [-0.15, -0.1) is 0 Å². The largest absolute Gasteiger partial charge is 0.504 e. The molecule has 2 nitrogen and oxygen atoms in total. The Labute approximate surface area is 77.8 Å². The number of aromatic hydroxyl groups is 1. The fourth-order valence-electron chi connectivity index (χ4n) is 1.21. The second-order valence-corrected chi connectivity index (χ2v) is 2.53. The van der Waals surface area contributed by atoms with Crippen LogP contribution >= 0.6 is 0 Å². The maximum atomic E-state index is 9.44. The predicted molar refractivity (Wildman–Crippen MR) is 54.8 cm³/mol. The van der Waals surface area contributed by atoms with E-state index < -0.39 is 0 Å². The molecule has 0 aliphatic heterocycles.